The quantitative estimate of drug-likeness (QED) is 0.432. The number of rotatable bonds is 7. The van der Waals surface area contributed by atoms with Gasteiger partial charge in [0.1, 0.15) is 28.8 Å². The number of halogens is 1. The van der Waals surface area contributed by atoms with E-state index in [1.165, 1.54) is 6.07 Å². The summed E-state index contributed by atoms with van der Waals surface area (Å²) in [5.41, 5.74) is 2.17. The van der Waals surface area contributed by atoms with Gasteiger partial charge in [-0.15, -0.1) is 10.2 Å². The molecule has 0 spiro atoms. The topological polar surface area (TPSA) is 94.8 Å². The molecule has 1 N–H and O–H groups in total. The Balaban J connectivity index is 1.40. The van der Waals surface area contributed by atoms with Crippen LogP contribution in [-0.4, -0.2) is 43.3 Å². The normalized spacial score (nSPS) is 17.0. The van der Waals surface area contributed by atoms with Crippen LogP contribution in [0.25, 0.3) is 17.2 Å². The maximum atomic E-state index is 14.9. The van der Waals surface area contributed by atoms with Gasteiger partial charge in [0.05, 0.1) is 18.5 Å². The van der Waals surface area contributed by atoms with Crippen LogP contribution in [0.15, 0.2) is 60.9 Å². The summed E-state index contributed by atoms with van der Waals surface area (Å²) in [4.78, 5) is 21.3. The summed E-state index contributed by atoms with van der Waals surface area (Å²) in [7, 11) is 0. The first-order valence-corrected chi connectivity index (χ1v) is 11.6. The second-order valence-corrected chi connectivity index (χ2v) is 8.49. The van der Waals surface area contributed by atoms with E-state index in [0.717, 1.165) is 5.56 Å². The standard InChI is InChI=1S/C26H25FN6O2/c1-3-35-19-10-11-21(29-15-19)25-32-31-24(33(25)22-9-5-4-8-20(22)27)17-13-18(14-17)30-26(34)23-16(2)7-6-12-28-23/h4-12,15,17-18H,3,13-14H2,1-2H3,(H,30,34). The van der Waals surface area contributed by atoms with Crippen molar-refractivity contribution in [1.29, 1.82) is 0 Å². The predicted octanol–water partition coefficient (Wildman–Crippen LogP) is 4.25. The fourth-order valence-electron chi connectivity index (χ4n) is 4.29. The summed E-state index contributed by atoms with van der Waals surface area (Å²) in [6.07, 6.45) is 4.56. The molecule has 8 nitrogen and oxygen atoms in total. The van der Waals surface area contributed by atoms with Crippen molar-refractivity contribution in [3.8, 4) is 23.0 Å². The number of hydrogen-bond donors (Lipinski definition) is 1. The minimum absolute atomic E-state index is 0.00804. The third-order valence-electron chi connectivity index (χ3n) is 6.12. The van der Waals surface area contributed by atoms with Crippen LogP contribution >= 0.6 is 0 Å². The second-order valence-electron chi connectivity index (χ2n) is 8.49. The van der Waals surface area contributed by atoms with Crippen molar-refractivity contribution in [2.45, 2.75) is 38.6 Å². The molecule has 9 heteroatoms. The van der Waals surface area contributed by atoms with Gasteiger partial charge in [-0.3, -0.25) is 14.3 Å². The van der Waals surface area contributed by atoms with Crippen LogP contribution in [0.3, 0.4) is 0 Å². The minimum Gasteiger partial charge on any atom is -0.492 e. The van der Waals surface area contributed by atoms with Gasteiger partial charge in [-0.1, -0.05) is 18.2 Å². The van der Waals surface area contributed by atoms with Crippen molar-refractivity contribution in [3.63, 3.8) is 0 Å². The Bertz CT molecular complexity index is 1350. The Labute approximate surface area is 202 Å². The molecule has 0 saturated heterocycles. The number of pyridine rings is 2. The number of benzene rings is 1. The van der Waals surface area contributed by atoms with Gasteiger partial charge in [0.25, 0.3) is 5.91 Å². The Morgan fingerprint density at radius 1 is 1.11 bits per heavy atom. The molecule has 1 aliphatic carbocycles. The van der Waals surface area contributed by atoms with Crippen LogP contribution in [0, 0.1) is 12.7 Å². The number of amides is 1. The number of carbonyl (C=O) groups is 1. The summed E-state index contributed by atoms with van der Waals surface area (Å²) in [5.74, 6) is 1.17. The molecular weight excluding hydrogens is 447 g/mol. The van der Waals surface area contributed by atoms with E-state index in [1.54, 1.807) is 53.4 Å². The fraction of sp³-hybridized carbons (Fsp3) is 0.269. The molecule has 3 heterocycles. The number of para-hydroxylation sites is 1. The molecule has 35 heavy (non-hydrogen) atoms. The lowest BCUT2D eigenvalue weighted by atomic mass is 9.79. The van der Waals surface area contributed by atoms with Crippen molar-refractivity contribution >= 4 is 5.91 Å². The van der Waals surface area contributed by atoms with Crippen molar-refractivity contribution in [2.75, 3.05) is 6.61 Å². The monoisotopic (exact) mass is 472 g/mol. The Hall–Kier alpha value is -4.14. The van der Waals surface area contributed by atoms with Crippen molar-refractivity contribution in [1.82, 2.24) is 30.0 Å². The van der Waals surface area contributed by atoms with Gasteiger partial charge in [-0.05, 0) is 62.6 Å². The molecule has 1 fully saturated rings. The first kappa shape index (κ1) is 22.6. The van der Waals surface area contributed by atoms with Crippen molar-refractivity contribution in [2.24, 2.45) is 0 Å². The third-order valence-corrected chi connectivity index (χ3v) is 6.12. The number of aryl methyl sites for hydroxylation is 1. The number of nitrogens with one attached hydrogen (secondary N) is 1. The predicted molar refractivity (Wildman–Crippen MR) is 128 cm³/mol. The summed E-state index contributed by atoms with van der Waals surface area (Å²) in [6, 6.07) is 13.8. The first-order valence-electron chi connectivity index (χ1n) is 11.6. The minimum atomic E-state index is -0.379. The van der Waals surface area contributed by atoms with E-state index in [4.69, 9.17) is 4.74 Å². The Morgan fingerprint density at radius 2 is 1.94 bits per heavy atom. The summed E-state index contributed by atoms with van der Waals surface area (Å²) < 4.78 is 22.1. The lowest BCUT2D eigenvalue weighted by molar-refractivity contribution is 0.0901. The average molecular weight is 473 g/mol. The molecule has 0 atom stereocenters. The first-order chi connectivity index (χ1) is 17.0. The van der Waals surface area contributed by atoms with E-state index in [0.29, 0.717) is 53.9 Å². The molecule has 0 unspecified atom stereocenters. The largest absolute Gasteiger partial charge is 0.492 e. The number of nitrogens with zero attached hydrogens (tertiary/aromatic N) is 5. The molecule has 178 valence electrons. The van der Waals surface area contributed by atoms with Crippen LogP contribution < -0.4 is 10.1 Å². The molecule has 1 aromatic carbocycles. The van der Waals surface area contributed by atoms with Crippen LogP contribution in [0.1, 0.15) is 47.6 Å². The molecule has 1 amide bonds. The maximum Gasteiger partial charge on any atom is 0.270 e. The SMILES string of the molecule is CCOc1ccc(-c2nnc(C3CC(NC(=O)c4ncccc4C)C3)n2-c2ccccc2F)nc1. The van der Waals surface area contributed by atoms with Crippen molar-refractivity contribution in [3.05, 3.63) is 83.8 Å². The van der Waals surface area contributed by atoms with Crippen LogP contribution in [-0.2, 0) is 0 Å². The highest BCUT2D eigenvalue weighted by atomic mass is 19.1. The zero-order chi connectivity index (χ0) is 24.4. The van der Waals surface area contributed by atoms with Gasteiger partial charge in [0.15, 0.2) is 5.82 Å². The zero-order valence-corrected chi connectivity index (χ0v) is 19.5. The van der Waals surface area contributed by atoms with Gasteiger partial charge in [0, 0.05) is 18.2 Å². The molecule has 0 bridgehead atoms. The van der Waals surface area contributed by atoms with E-state index >= 15 is 0 Å². The molecule has 4 aromatic rings. The lowest BCUT2D eigenvalue weighted by Crippen LogP contribution is -2.44. The van der Waals surface area contributed by atoms with E-state index in [-0.39, 0.29) is 23.7 Å². The smallest absolute Gasteiger partial charge is 0.270 e. The molecule has 3 aromatic heterocycles. The number of carbonyl (C=O) groups excluding carboxylic acids is 1. The summed E-state index contributed by atoms with van der Waals surface area (Å²) in [6.45, 7) is 4.30. The summed E-state index contributed by atoms with van der Waals surface area (Å²) >= 11 is 0. The number of hydrogen-bond acceptors (Lipinski definition) is 6. The van der Waals surface area contributed by atoms with E-state index in [9.17, 15) is 9.18 Å². The van der Waals surface area contributed by atoms with Crippen LogP contribution in [0.5, 0.6) is 5.75 Å². The average Bonchev–Trinajstić information content (AvgIpc) is 3.26. The molecule has 0 aliphatic heterocycles. The lowest BCUT2D eigenvalue weighted by Gasteiger charge is -2.35. The highest BCUT2D eigenvalue weighted by Crippen LogP contribution is 2.39. The molecule has 1 saturated carbocycles. The summed E-state index contributed by atoms with van der Waals surface area (Å²) in [5, 5.41) is 11.8. The molecular formula is C26H25FN6O2. The van der Waals surface area contributed by atoms with E-state index < -0.39 is 0 Å². The van der Waals surface area contributed by atoms with E-state index in [2.05, 4.69) is 25.5 Å². The zero-order valence-electron chi connectivity index (χ0n) is 19.5. The highest BCUT2D eigenvalue weighted by molar-refractivity contribution is 5.93. The van der Waals surface area contributed by atoms with Gasteiger partial charge < -0.3 is 10.1 Å². The van der Waals surface area contributed by atoms with Crippen LogP contribution in [0.2, 0.25) is 0 Å². The number of ether oxygens (including phenoxy) is 1. The maximum absolute atomic E-state index is 14.9. The van der Waals surface area contributed by atoms with Gasteiger partial charge in [0.2, 0.25) is 0 Å². The van der Waals surface area contributed by atoms with Gasteiger partial charge in [-0.25, -0.2) is 9.37 Å². The molecule has 0 radical (unpaired) electrons. The van der Waals surface area contributed by atoms with Crippen LogP contribution in [0.4, 0.5) is 4.39 Å². The number of aromatic nitrogens is 5. The third kappa shape index (κ3) is 4.49. The van der Waals surface area contributed by atoms with Crippen molar-refractivity contribution < 1.29 is 13.9 Å². The van der Waals surface area contributed by atoms with E-state index in [1.807, 2.05) is 19.9 Å². The Kier molecular flexibility index (Phi) is 6.22. The highest BCUT2D eigenvalue weighted by Gasteiger charge is 2.36. The van der Waals surface area contributed by atoms with Gasteiger partial charge in [-0.2, -0.15) is 0 Å². The van der Waals surface area contributed by atoms with Gasteiger partial charge >= 0.3 is 0 Å². The Morgan fingerprint density at radius 3 is 2.66 bits per heavy atom. The second kappa shape index (κ2) is 9.61. The fourth-order valence-corrected chi connectivity index (χ4v) is 4.29. The molecule has 5 rings (SSSR count). The molecule has 1 aliphatic rings.